The van der Waals surface area contributed by atoms with Crippen LogP contribution in [0.4, 0.5) is 0 Å². The number of nitrogens with zero attached hydrogens (tertiary/aromatic N) is 1. The van der Waals surface area contributed by atoms with Crippen molar-refractivity contribution in [2.75, 3.05) is 12.3 Å². The van der Waals surface area contributed by atoms with Crippen LogP contribution in [0.25, 0.3) is 0 Å². The van der Waals surface area contributed by atoms with E-state index in [4.69, 9.17) is 0 Å². The summed E-state index contributed by atoms with van der Waals surface area (Å²) in [7, 11) is 0. The number of aliphatic imine (C=N–C) groups is 1. The van der Waals surface area contributed by atoms with Crippen molar-refractivity contribution in [3.05, 3.63) is 28.2 Å². The van der Waals surface area contributed by atoms with E-state index in [1.807, 2.05) is 12.1 Å². The fourth-order valence-electron chi connectivity index (χ4n) is 1.18. The fraction of sp³-hybridized carbons (Fsp3) is 0.222. The Morgan fingerprint density at radius 3 is 3.00 bits per heavy atom. The molecule has 1 aromatic carbocycles. The summed E-state index contributed by atoms with van der Waals surface area (Å²) in [4.78, 5) is 4.31. The maximum absolute atomic E-state index is 9.58. The standard InChI is InChI=1S/C9H8BrNOS/c10-6-1-2-8(12)7(5-6)9-11-3-4-13-9/h1-2,5,12H,3-4H2. The molecule has 0 fully saturated rings. The molecule has 4 heteroatoms. The molecule has 1 aliphatic heterocycles. The van der Waals surface area contributed by atoms with Crippen molar-refractivity contribution < 1.29 is 5.11 Å². The molecule has 0 aliphatic carbocycles. The Labute approximate surface area is 89.2 Å². The average molecular weight is 258 g/mol. The van der Waals surface area contributed by atoms with E-state index in [2.05, 4.69) is 20.9 Å². The molecule has 0 atom stereocenters. The first-order valence-corrected chi connectivity index (χ1v) is 5.71. The molecule has 1 aliphatic rings. The monoisotopic (exact) mass is 257 g/mol. The van der Waals surface area contributed by atoms with Crippen LogP contribution in [0.5, 0.6) is 5.75 Å². The third-order valence-electron chi connectivity index (χ3n) is 1.77. The first kappa shape index (κ1) is 9.09. The van der Waals surface area contributed by atoms with E-state index < -0.39 is 0 Å². The smallest absolute Gasteiger partial charge is 0.125 e. The summed E-state index contributed by atoms with van der Waals surface area (Å²) in [5.74, 6) is 1.32. The van der Waals surface area contributed by atoms with Crippen LogP contribution < -0.4 is 0 Å². The highest BCUT2D eigenvalue weighted by Crippen LogP contribution is 2.28. The Morgan fingerprint density at radius 2 is 2.31 bits per heavy atom. The van der Waals surface area contributed by atoms with Gasteiger partial charge in [-0.1, -0.05) is 15.9 Å². The second-order valence-corrected chi connectivity index (χ2v) is 4.70. The lowest BCUT2D eigenvalue weighted by Gasteiger charge is -2.03. The molecule has 0 saturated heterocycles. The molecule has 1 N–H and O–H groups in total. The van der Waals surface area contributed by atoms with Gasteiger partial charge in [0.05, 0.1) is 0 Å². The molecular formula is C9H8BrNOS. The number of hydrogen-bond donors (Lipinski definition) is 1. The molecule has 0 spiro atoms. The first-order chi connectivity index (χ1) is 6.27. The van der Waals surface area contributed by atoms with Crippen LogP contribution in [0.3, 0.4) is 0 Å². The molecule has 0 aromatic heterocycles. The van der Waals surface area contributed by atoms with Crippen LogP contribution >= 0.6 is 27.7 Å². The van der Waals surface area contributed by atoms with Gasteiger partial charge in [0, 0.05) is 22.3 Å². The van der Waals surface area contributed by atoms with Crippen molar-refractivity contribution in [1.82, 2.24) is 0 Å². The summed E-state index contributed by atoms with van der Waals surface area (Å²) in [6, 6.07) is 5.40. The first-order valence-electron chi connectivity index (χ1n) is 3.93. The second kappa shape index (κ2) is 3.72. The van der Waals surface area contributed by atoms with Crippen molar-refractivity contribution in [2.45, 2.75) is 0 Å². The van der Waals surface area contributed by atoms with Gasteiger partial charge < -0.3 is 5.11 Å². The van der Waals surface area contributed by atoms with Crippen molar-refractivity contribution in [3.63, 3.8) is 0 Å². The lowest BCUT2D eigenvalue weighted by atomic mass is 10.2. The predicted molar refractivity (Wildman–Crippen MR) is 59.7 cm³/mol. The van der Waals surface area contributed by atoms with Crippen LogP contribution in [0.15, 0.2) is 27.7 Å². The Bertz CT molecular complexity index is 365. The molecule has 0 unspecified atom stereocenters. The van der Waals surface area contributed by atoms with Crippen LogP contribution in [-0.2, 0) is 0 Å². The minimum Gasteiger partial charge on any atom is -0.507 e. The number of halogens is 1. The third kappa shape index (κ3) is 1.89. The minimum absolute atomic E-state index is 0.302. The molecule has 0 radical (unpaired) electrons. The van der Waals surface area contributed by atoms with Gasteiger partial charge in [0.15, 0.2) is 0 Å². The zero-order chi connectivity index (χ0) is 9.26. The Morgan fingerprint density at radius 1 is 1.46 bits per heavy atom. The number of phenols is 1. The maximum Gasteiger partial charge on any atom is 0.125 e. The van der Waals surface area contributed by atoms with Crippen LogP contribution in [0.1, 0.15) is 5.56 Å². The van der Waals surface area contributed by atoms with E-state index in [1.54, 1.807) is 17.8 Å². The lowest BCUT2D eigenvalue weighted by molar-refractivity contribution is 0.474. The zero-order valence-corrected chi connectivity index (χ0v) is 9.23. The lowest BCUT2D eigenvalue weighted by Crippen LogP contribution is -1.92. The van der Waals surface area contributed by atoms with Crippen LogP contribution in [0.2, 0.25) is 0 Å². The number of rotatable bonds is 1. The van der Waals surface area contributed by atoms with E-state index in [-0.39, 0.29) is 0 Å². The molecule has 1 aromatic rings. The average Bonchev–Trinajstić information content (AvgIpc) is 2.61. The summed E-state index contributed by atoms with van der Waals surface area (Å²) in [5.41, 5.74) is 0.830. The highest BCUT2D eigenvalue weighted by atomic mass is 79.9. The zero-order valence-electron chi connectivity index (χ0n) is 6.83. The van der Waals surface area contributed by atoms with Crippen molar-refractivity contribution >= 4 is 32.7 Å². The quantitative estimate of drug-likeness (QED) is 0.839. The highest BCUT2D eigenvalue weighted by molar-refractivity contribution is 9.10. The van der Waals surface area contributed by atoms with Gasteiger partial charge in [-0.2, -0.15) is 0 Å². The largest absolute Gasteiger partial charge is 0.507 e. The van der Waals surface area contributed by atoms with Crippen LogP contribution in [0, 0.1) is 0 Å². The summed E-state index contributed by atoms with van der Waals surface area (Å²) in [6.45, 7) is 0.853. The van der Waals surface area contributed by atoms with E-state index >= 15 is 0 Å². The van der Waals surface area contributed by atoms with Gasteiger partial charge >= 0.3 is 0 Å². The Balaban J connectivity index is 2.43. The Hall–Kier alpha value is -0.480. The molecule has 0 saturated carbocycles. The van der Waals surface area contributed by atoms with E-state index in [0.717, 1.165) is 27.4 Å². The van der Waals surface area contributed by atoms with Gasteiger partial charge in [-0.25, -0.2) is 0 Å². The molecular weight excluding hydrogens is 250 g/mol. The Kier molecular flexibility index (Phi) is 2.60. The molecule has 0 amide bonds. The molecule has 13 heavy (non-hydrogen) atoms. The number of phenolic OH excluding ortho intramolecular Hbond substituents is 1. The van der Waals surface area contributed by atoms with Gasteiger partial charge in [0.25, 0.3) is 0 Å². The summed E-state index contributed by atoms with van der Waals surface area (Å²) in [5, 5.41) is 10.5. The molecule has 68 valence electrons. The number of aromatic hydroxyl groups is 1. The minimum atomic E-state index is 0.302. The van der Waals surface area contributed by atoms with Gasteiger partial charge in [0.1, 0.15) is 10.8 Å². The third-order valence-corrected chi connectivity index (χ3v) is 3.28. The highest BCUT2D eigenvalue weighted by Gasteiger charge is 2.13. The van der Waals surface area contributed by atoms with E-state index in [9.17, 15) is 5.11 Å². The molecule has 2 nitrogen and oxygen atoms in total. The van der Waals surface area contributed by atoms with E-state index in [1.165, 1.54) is 0 Å². The summed E-state index contributed by atoms with van der Waals surface area (Å²) in [6.07, 6.45) is 0. The maximum atomic E-state index is 9.58. The fourth-order valence-corrected chi connectivity index (χ4v) is 2.42. The molecule has 1 heterocycles. The predicted octanol–water partition coefficient (Wildman–Crippen LogP) is 2.65. The molecule has 0 bridgehead atoms. The van der Waals surface area contributed by atoms with Gasteiger partial charge in [-0.05, 0) is 18.2 Å². The van der Waals surface area contributed by atoms with Gasteiger partial charge in [0.2, 0.25) is 0 Å². The second-order valence-electron chi connectivity index (χ2n) is 2.70. The number of thioether (sulfide) groups is 1. The topological polar surface area (TPSA) is 32.6 Å². The van der Waals surface area contributed by atoms with E-state index in [0.29, 0.717) is 5.75 Å². The van der Waals surface area contributed by atoms with Crippen molar-refractivity contribution in [2.24, 2.45) is 4.99 Å². The van der Waals surface area contributed by atoms with Crippen LogP contribution in [-0.4, -0.2) is 22.4 Å². The van der Waals surface area contributed by atoms with Gasteiger partial charge in [-0.3, -0.25) is 4.99 Å². The summed E-state index contributed by atoms with van der Waals surface area (Å²) < 4.78 is 0.968. The van der Waals surface area contributed by atoms with Crippen molar-refractivity contribution in [3.8, 4) is 5.75 Å². The normalized spacial score (nSPS) is 15.9. The number of hydrogen-bond acceptors (Lipinski definition) is 3. The molecule has 2 rings (SSSR count). The summed E-state index contributed by atoms with van der Waals surface area (Å²) >= 11 is 5.06. The van der Waals surface area contributed by atoms with Crippen molar-refractivity contribution in [1.29, 1.82) is 0 Å². The number of benzene rings is 1. The van der Waals surface area contributed by atoms with Gasteiger partial charge in [-0.15, -0.1) is 11.8 Å². The SMILES string of the molecule is Oc1ccc(Br)cc1C1=NCCS1.